The van der Waals surface area contributed by atoms with Gasteiger partial charge in [-0.2, -0.15) is 0 Å². The fourth-order valence-electron chi connectivity index (χ4n) is 3.27. The zero-order chi connectivity index (χ0) is 23.5. The zero-order valence-corrected chi connectivity index (χ0v) is 19.0. The number of hydrogen-bond donors (Lipinski definition) is 1. The summed E-state index contributed by atoms with van der Waals surface area (Å²) in [4.78, 5) is 39.0. The lowest BCUT2D eigenvalue weighted by atomic mass is 10.1. The number of urea groups is 1. The molecule has 3 aromatic rings. The summed E-state index contributed by atoms with van der Waals surface area (Å²) in [6, 6.07) is 18.2. The van der Waals surface area contributed by atoms with Gasteiger partial charge in [0.2, 0.25) is 0 Å². The summed E-state index contributed by atoms with van der Waals surface area (Å²) >= 11 is 12.4. The first-order valence-electron chi connectivity index (χ1n) is 9.98. The van der Waals surface area contributed by atoms with Crippen molar-refractivity contribution in [1.29, 1.82) is 0 Å². The second-order valence-electron chi connectivity index (χ2n) is 7.31. The molecule has 1 aliphatic rings. The molecule has 4 amide bonds. The van der Waals surface area contributed by atoms with Gasteiger partial charge in [0.1, 0.15) is 17.9 Å². The number of nitrogens with zero attached hydrogens (tertiary/aromatic N) is 1. The van der Waals surface area contributed by atoms with E-state index in [0.29, 0.717) is 21.4 Å². The summed E-state index contributed by atoms with van der Waals surface area (Å²) in [5.74, 6) is -1.10. The highest BCUT2D eigenvalue weighted by molar-refractivity contribution is 6.39. The smallest absolute Gasteiger partial charge is 0.335 e. The molecule has 0 unspecified atom stereocenters. The predicted octanol–water partition coefficient (Wildman–Crippen LogP) is 5.55. The minimum atomic E-state index is -0.842. The van der Waals surface area contributed by atoms with Crippen LogP contribution in [-0.4, -0.2) is 17.8 Å². The first kappa shape index (κ1) is 22.6. The number of para-hydroxylation sites is 1. The Hall–Kier alpha value is -3.61. The van der Waals surface area contributed by atoms with Gasteiger partial charge in [0.25, 0.3) is 11.8 Å². The molecule has 0 atom stereocenters. The van der Waals surface area contributed by atoms with Gasteiger partial charge in [0.15, 0.2) is 0 Å². The van der Waals surface area contributed by atoms with Gasteiger partial charge in [-0.05, 0) is 42.8 Å². The number of nitrogens with one attached hydrogen (secondary N) is 1. The maximum atomic E-state index is 13.2. The Morgan fingerprint density at radius 2 is 1.67 bits per heavy atom. The van der Waals surface area contributed by atoms with Gasteiger partial charge in [0, 0.05) is 21.2 Å². The van der Waals surface area contributed by atoms with Crippen molar-refractivity contribution in [3.8, 4) is 5.75 Å². The fourth-order valence-corrected chi connectivity index (χ4v) is 3.64. The quantitative estimate of drug-likeness (QED) is 0.383. The number of halogens is 2. The highest BCUT2D eigenvalue weighted by Crippen LogP contribution is 2.28. The molecule has 1 aliphatic heterocycles. The Labute approximate surface area is 200 Å². The van der Waals surface area contributed by atoms with E-state index < -0.39 is 17.8 Å². The number of ether oxygens (including phenoxy) is 1. The van der Waals surface area contributed by atoms with E-state index in [4.69, 9.17) is 27.9 Å². The molecule has 166 valence electrons. The van der Waals surface area contributed by atoms with Gasteiger partial charge in [-0.3, -0.25) is 14.9 Å². The lowest BCUT2D eigenvalue weighted by molar-refractivity contribution is -0.122. The van der Waals surface area contributed by atoms with Crippen LogP contribution in [0.4, 0.5) is 10.5 Å². The van der Waals surface area contributed by atoms with Crippen molar-refractivity contribution in [3.63, 3.8) is 0 Å². The Kier molecular flexibility index (Phi) is 6.49. The van der Waals surface area contributed by atoms with Crippen LogP contribution in [0.15, 0.2) is 72.3 Å². The average molecular weight is 481 g/mol. The molecule has 0 aliphatic carbocycles. The minimum Gasteiger partial charge on any atom is -0.488 e. The number of imide groups is 2. The van der Waals surface area contributed by atoms with Crippen molar-refractivity contribution in [2.45, 2.75) is 13.5 Å². The lowest BCUT2D eigenvalue weighted by Gasteiger charge is -2.26. The normalized spacial score (nSPS) is 15.1. The first-order valence-corrected chi connectivity index (χ1v) is 10.7. The maximum Gasteiger partial charge on any atom is 0.335 e. The van der Waals surface area contributed by atoms with E-state index in [-0.39, 0.29) is 17.9 Å². The third-order valence-electron chi connectivity index (χ3n) is 5.08. The van der Waals surface area contributed by atoms with E-state index in [1.54, 1.807) is 49.4 Å². The molecule has 0 aromatic heterocycles. The van der Waals surface area contributed by atoms with Crippen LogP contribution in [0.1, 0.15) is 16.7 Å². The van der Waals surface area contributed by atoms with Crippen molar-refractivity contribution in [2.24, 2.45) is 0 Å². The molecule has 0 spiro atoms. The molecule has 1 fully saturated rings. The third-order valence-corrected chi connectivity index (χ3v) is 5.85. The first-order chi connectivity index (χ1) is 15.8. The van der Waals surface area contributed by atoms with E-state index in [1.165, 1.54) is 12.1 Å². The highest BCUT2D eigenvalue weighted by Gasteiger charge is 2.37. The molecule has 8 heteroatoms. The summed E-state index contributed by atoms with van der Waals surface area (Å²) in [5.41, 5.74) is 2.14. The Morgan fingerprint density at radius 3 is 2.42 bits per heavy atom. The van der Waals surface area contributed by atoms with Crippen molar-refractivity contribution in [1.82, 2.24) is 5.32 Å². The number of benzene rings is 3. The van der Waals surface area contributed by atoms with Crippen molar-refractivity contribution < 1.29 is 19.1 Å². The standard InChI is InChI=1S/C25H18Cl2N2O4/c1-15-10-11-18(13-21(15)27)29-24(31)19(23(30)28-25(29)32)12-16-6-3-5-9-22(16)33-14-17-7-2-4-8-20(17)26/h2-13H,14H2,1H3,(H,28,30,32)/b19-12-. The molecule has 1 N–H and O–H groups in total. The monoisotopic (exact) mass is 480 g/mol. The number of carbonyl (C=O) groups excluding carboxylic acids is 3. The van der Waals surface area contributed by atoms with Crippen molar-refractivity contribution in [2.75, 3.05) is 4.90 Å². The number of rotatable bonds is 5. The number of aryl methyl sites for hydroxylation is 1. The molecule has 3 aromatic carbocycles. The molecular weight excluding hydrogens is 463 g/mol. The number of carbonyl (C=O) groups is 3. The summed E-state index contributed by atoms with van der Waals surface area (Å²) < 4.78 is 5.91. The van der Waals surface area contributed by atoms with Crippen LogP contribution >= 0.6 is 23.2 Å². The van der Waals surface area contributed by atoms with E-state index in [9.17, 15) is 14.4 Å². The lowest BCUT2D eigenvalue weighted by Crippen LogP contribution is -2.54. The summed E-state index contributed by atoms with van der Waals surface area (Å²) in [6.07, 6.45) is 1.40. The fraction of sp³-hybridized carbons (Fsp3) is 0.0800. The van der Waals surface area contributed by atoms with Crippen molar-refractivity contribution >= 4 is 52.8 Å². The second kappa shape index (κ2) is 9.48. The van der Waals surface area contributed by atoms with Gasteiger partial charge in [-0.25, -0.2) is 9.69 Å². The van der Waals surface area contributed by atoms with Gasteiger partial charge in [-0.15, -0.1) is 0 Å². The van der Waals surface area contributed by atoms with Gasteiger partial charge >= 0.3 is 6.03 Å². The van der Waals surface area contributed by atoms with Crippen LogP contribution in [0, 0.1) is 6.92 Å². The number of anilines is 1. The Bertz CT molecular complexity index is 1300. The molecule has 6 nitrogen and oxygen atoms in total. The third kappa shape index (κ3) is 4.77. The topological polar surface area (TPSA) is 75.7 Å². The Balaban J connectivity index is 1.66. The molecule has 0 radical (unpaired) electrons. The summed E-state index contributed by atoms with van der Waals surface area (Å²) in [5, 5.41) is 3.17. The molecule has 1 heterocycles. The molecule has 0 saturated carbocycles. The van der Waals surface area contributed by atoms with E-state index >= 15 is 0 Å². The van der Waals surface area contributed by atoms with Gasteiger partial charge in [0.05, 0.1) is 5.69 Å². The zero-order valence-electron chi connectivity index (χ0n) is 17.5. The molecule has 4 rings (SSSR count). The Morgan fingerprint density at radius 1 is 0.939 bits per heavy atom. The number of barbiturate groups is 1. The van der Waals surface area contributed by atoms with Gasteiger partial charge < -0.3 is 4.74 Å². The SMILES string of the molecule is Cc1ccc(N2C(=O)NC(=O)/C(=C/c3ccccc3OCc3ccccc3Cl)C2=O)cc1Cl. The minimum absolute atomic E-state index is 0.201. The van der Waals surface area contributed by atoms with E-state index in [1.807, 2.05) is 18.2 Å². The molecule has 0 bridgehead atoms. The van der Waals surface area contributed by atoms with Crippen LogP contribution < -0.4 is 15.0 Å². The van der Waals surface area contributed by atoms with Crippen molar-refractivity contribution in [3.05, 3.63) is 99.0 Å². The molecule has 33 heavy (non-hydrogen) atoms. The molecular formula is C25H18Cl2N2O4. The number of hydrogen-bond acceptors (Lipinski definition) is 4. The summed E-state index contributed by atoms with van der Waals surface area (Å²) in [7, 11) is 0. The largest absolute Gasteiger partial charge is 0.488 e. The van der Waals surface area contributed by atoms with E-state index in [0.717, 1.165) is 16.0 Å². The average Bonchev–Trinajstić information content (AvgIpc) is 2.79. The van der Waals surface area contributed by atoms with E-state index in [2.05, 4.69) is 5.32 Å². The van der Waals surface area contributed by atoms with Crippen LogP contribution in [0.25, 0.3) is 6.08 Å². The second-order valence-corrected chi connectivity index (χ2v) is 8.12. The highest BCUT2D eigenvalue weighted by atomic mass is 35.5. The maximum absolute atomic E-state index is 13.2. The molecule has 1 saturated heterocycles. The van der Waals surface area contributed by atoms with Crippen LogP contribution in [0.3, 0.4) is 0 Å². The summed E-state index contributed by atoms with van der Waals surface area (Å²) in [6.45, 7) is 2.01. The van der Waals surface area contributed by atoms with Crippen LogP contribution in [0.2, 0.25) is 10.0 Å². The van der Waals surface area contributed by atoms with Crippen LogP contribution in [-0.2, 0) is 16.2 Å². The van der Waals surface area contributed by atoms with Gasteiger partial charge in [-0.1, -0.05) is 65.7 Å². The number of amides is 4. The van der Waals surface area contributed by atoms with Crippen LogP contribution in [0.5, 0.6) is 5.75 Å². The predicted molar refractivity (Wildman–Crippen MR) is 127 cm³/mol.